The van der Waals surface area contributed by atoms with Crippen LogP contribution >= 0.6 is 0 Å². The van der Waals surface area contributed by atoms with E-state index in [0.717, 1.165) is 17.1 Å². The molecule has 0 spiro atoms. The van der Waals surface area contributed by atoms with Crippen LogP contribution in [-0.4, -0.2) is 4.57 Å². The highest BCUT2D eigenvalue weighted by Gasteiger charge is 2.39. The summed E-state index contributed by atoms with van der Waals surface area (Å²) in [5.74, 6) is 0. The molecule has 0 fully saturated rings. The summed E-state index contributed by atoms with van der Waals surface area (Å²) >= 11 is 0. The lowest BCUT2D eigenvalue weighted by atomic mass is 9.80. The first-order chi connectivity index (χ1) is 28.3. The Hall–Kier alpha value is -6.90. The molecule has 1 aromatic heterocycles. The highest BCUT2D eigenvalue weighted by Crippen LogP contribution is 2.55. The molecule has 0 amide bonds. The first kappa shape index (κ1) is 33.3. The van der Waals surface area contributed by atoms with Gasteiger partial charge in [0.05, 0.1) is 11.0 Å². The van der Waals surface area contributed by atoms with Crippen LogP contribution in [0.1, 0.15) is 49.9 Å². The van der Waals surface area contributed by atoms with Gasteiger partial charge in [-0.15, -0.1) is 0 Å². The molecule has 0 bridgehead atoms. The molecule has 0 saturated carbocycles. The summed E-state index contributed by atoms with van der Waals surface area (Å²) in [6.45, 7) is 9.59. The van der Waals surface area contributed by atoms with Crippen molar-refractivity contribution in [3.05, 3.63) is 204 Å². The van der Waals surface area contributed by atoms with Gasteiger partial charge in [0.15, 0.2) is 0 Å². The van der Waals surface area contributed by atoms with Gasteiger partial charge in [-0.2, -0.15) is 0 Å². The van der Waals surface area contributed by atoms with Crippen molar-refractivity contribution in [2.75, 3.05) is 4.90 Å². The summed E-state index contributed by atoms with van der Waals surface area (Å²) in [5, 5.41) is 7.76. The van der Waals surface area contributed by atoms with E-state index in [1.807, 2.05) is 0 Å². The largest absolute Gasteiger partial charge is 0.310 e. The van der Waals surface area contributed by atoms with E-state index in [2.05, 4.69) is 219 Å². The zero-order chi connectivity index (χ0) is 38.9. The second kappa shape index (κ2) is 11.8. The molecule has 0 radical (unpaired) electrons. The van der Waals surface area contributed by atoms with E-state index in [-0.39, 0.29) is 10.8 Å². The fourth-order valence-electron chi connectivity index (χ4n) is 10.7. The summed E-state index contributed by atoms with van der Waals surface area (Å²) in [7, 11) is 0. The highest BCUT2D eigenvalue weighted by molar-refractivity contribution is 6.11. The van der Waals surface area contributed by atoms with Gasteiger partial charge >= 0.3 is 0 Å². The quantitative estimate of drug-likeness (QED) is 0.174. The minimum Gasteiger partial charge on any atom is -0.310 e. The van der Waals surface area contributed by atoms with Crippen molar-refractivity contribution in [2.45, 2.75) is 38.5 Å². The van der Waals surface area contributed by atoms with E-state index in [4.69, 9.17) is 0 Å². The van der Waals surface area contributed by atoms with Gasteiger partial charge in [0.25, 0.3) is 0 Å². The van der Waals surface area contributed by atoms with Crippen LogP contribution in [0, 0.1) is 0 Å². The summed E-state index contributed by atoms with van der Waals surface area (Å²) in [4.78, 5) is 2.44. The second-order valence-corrected chi connectivity index (χ2v) is 17.4. The Bertz CT molecular complexity index is 3330. The molecule has 2 aliphatic rings. The first-order valence-corrected chi connectivity index (χ1v) is 20.5. The number of hydrogen-bond donors (Lipinski definition) is 0. The lowest BCUT2D eigenvalue weighted by molar-refractivity contribution is 0.661. The molecule has 9 aromatic carbocycles. The van der Waals surface area contributed by atoms with E-state index in [0.29, 0.717) is 0 Å². The Kier molecular flexibility index (Phi) is 6.78. The van der Waals surface area contributed by atoms with Gasteiger partial charge in [-0.1, -0.05) is 131 Å². The minimum atomic E-state index is -0.192. The molecule has 58 heavy (non-hydrogen) atoms. The molecular weight excluding hydrogens is 701 g/mol. The summed E-state index contributed by atoms with van der Waals surface area (Å²) in [6, 6.07) is 67.9. The minimum absolute atomic E-state index is 0.115. The van der Waals surface area contributed by atoms with Gasteiger partial charge in [0, 0.05) is 44.4 Å². The van der Waals surface area contributed by atoms with Crippen LogP contribution in [0.25, 0.3) is 71.3 Å². The SMILES string of the molecule is CC1(C)c2cc(N(c3ccccc3)c3ccc4c5c(ccc4c3)-c3cc4ccccc4cc3C5(C)C)ccc2-c2cc3c(cc21)c1ccccc1n3-c1ccccc1. The first-order valence-electron chi connectivity index (χ1n) is 20.5. The zero-order valence-electron chi connectivity index (χ0n) is 33.2. The number of hydrogen-bond acceptors (Lipinski definition) is 1. The molecular formula is C56H42N2. The standard InChI is InChI=1S/C56H42N2/c1-55(2)50-32-41(25-28-43(50)47-34-53-48(33-51(47)55)44-21-13-14-22-52(44)58(53)39-19-9-6-10-20-39)57(38-17-7-5-8-18-38)40-24-27-42-37(29-40)23-26-45-46-30-35-15-11-12-16-36(35)31-49(46)56(3,4)54(42)45/h5-34H,1-4H3. The monoisotopic (exact) mass is 742 g/mol. The molecule has 1 heterocycles. The smallest absolute Gasteiger partial charge is 0.0547 e. The predicted molar refractivity (Wildman–Crippen MR) is 246 cm³/mol. The lowest BCUT2D eigenvalue weighted by Gasteiger charge is -2.29. The maximum atomic E-state index is 2.48. The predicted octanol–water partition coefficient (Wildman–Crippen LogP) is 15.2. The van der Waals surface area contributed by atoms with Crippen molar-refractivity contribution < 1.29 is 0 Å². The fourth-order valence-corrected chi connectivity index (χ4v) is 10.7. The van der Waals surface area contributed by atoms with E-state index in [1.165, 1.54) is 93.5 Å². The molecule has 0 aliphatic heterocycles. The molecule has 0 unspecified atom stereocenters. The lowest BCUT2D eigenvalue weighted by Crippen LogP contribution is -2.17. The van der Waals surface area contributed by atoms with Gasteiger partial charge < -0.3 is 9.47 Å². The third-order valence-electron chi connectivity index (χ3n) is 13.5. The van der Waals surface area contributed by atoms with Crippen LogP contribution in [0.3, 0.4) is 0 Å². The van der Waals surface area contributed by atoms with Crippen LogP contribution in [0.2, 0.25) is 0 Å². The van der Waals surface area contributed by atoms with Crippen molar-refractivity contribution in [1.82, 2.24) is 4.57 Å². The normalized spacial score (nSPS) is 14.5. The average Bonchev–Trinajstić information content (AvgIpc) is 3.79. The van der Waals surface area contributed by atoms with Gasteiger partial charge in [0.1, 0.15) is 0 Å². The number of nitrogens with zero attached hydrogens (tertiary/aromatic N) is 2. The van der Waals surface area contributed by atoms with Crippen LogP contribution < -0.4 is 4.90 Å². The average molecular weight is 743 g/mol. The Morgan fingerprint density at radius 2 is 0.983 bits per heavy atom. The summed E-state index contributed by atoms with van der Waals surface area (Å²) < 4.78 is 2.43. The van der Waals surface area contributed by atoms with Gasteiger partial charge in [-0.05, 0) is 145 Å². The Morgan fingerprint density at radius 3 is 1.79 bits per heavy atom. The van der Waals surface area contributed by atoms with E-state index < -0.39 is 0 Å². The third kappa shape index (κ3) is 4.54. The van der Waals surface area contributed by atoms with E-state index >= 15 is 0 Å². The van der Waals surface area contributed by atoms with Gasteiger partial charge in [-0.25, -0.2) is 0 Å². The molecule has 0 saturated heterocycles. The van der Waals surface area contributed by atoms with Crippen molar-refractivity contribution >= 4 is 60.4 Å². The van der Waals surface area contributed by atoms with Crippen molar-refractivity contribution in [1.29, 1.82) is 0 Å². The molecule has 276 valence electrons. The Morgan fingerprint density at radius 1 is 0.362 bits per heavy atom. The van der Waals surface area contributed by atoms with Crippen molar-refractivity contribution in [3.8, 4) is 27.9 Å². The maximum Gasteiger partial charge on any atom is 0.0547 e. The fraction of sp³-hybridized carbons (Fsp3) is 0.107. The van der Waals surface area contributed by atoms with Gasteiger partial charge in [-0.3, -0.25) is 0 Å². The summed E-state index contributed by atoms with van der Waals surface area (Å²) in [5.41, 5.74) is 17.7. The van der Waals surface area contributed by atoms with Crippen molar-refractivity contribution in [2.24, 2.45) is 0 Å². The van der Waals surface area contributed by atoms with Crippen LogP contribution in [0.4, 0.5) is 17.1 Å². The molecule has 12 rings (SSSR count). The number of benzene rings is 9. The molecule has 2 heteroatoms. The van der Waals surface area contributed by atoms with E-state index in [1.54, 1.807) is 0 Å². The number of anilines is 3. The Balaban J connectivity index is 1.01. The summed E-state index contributed by atoms with van der Waals surface area (Å²) in [6.07, 6.45) is 0. The highest BCUT2D eigenvalue weighted by atomic mass is 15.1. The second-order valence-electron chi connectivity index (χ2n) is 17.4. The molecule has 2 nitrogen and oxygen atoms in total. The number of para-hydroxylation sites is 3. The molecule has 0 atom stereocenters. The zero-order valence-corrected chi connectivity index (χ0v) is 33.2. The number of rotatable bonds is 4. The van der Waals surface area contributed by atoms with Crippen LogP contribution in [0.15, 0.2) is 182 Å². The third-order valence-corrected chi connectivity index (χ3v) is 13.5. The molecule has 10 aromatic rings. The van der Waals surface area contributed by atoms with Crippen molar-refractivity contribution in [3.63, 3.8) is 0 Å². The van der Waals surface area contributed by atoms with E-state index in [9.17, 15) is 0 Å². The van der Waals surface area contributed by atoms with Gasteiger partial charge in [0.2, 0.25) is 0 Å². The van der Waals surface area contributed by atoms with Crippen LogP contribution in [0.5, 0.6) is 0 Å². The topological polar surface area (TPSA) is 8.17 Å². The number of fused-ring (bicyclic) bond motifs is 12. The maximum absolute atomic E-state index is 2.48. The molecule has 2 aliphatic carbocycles. The van der Waals surface area contributed by atoms with Crippen LogP contribution in [-0.2, 0) is 10.8 Å². The molecule has 0 N–H and O–H groups in total. The number of aromatic nitrogens is 1. The Labute approximate surface area is 339 Å².